The smallest absolute Gasteiger partial charge is 0.119 e. The summed E-state index contributed by atoms with van der Waals surface area (Å²) in [6.07, 6.45) is 3.55. The van der Waals surface area contributed by atoms with Gasteiger partial charge in [-0.25, -0.2) is 0 Å². The van der Waals surface area contributed by atoms with E-state index in [1.807, 2.05) is 30.3 Å². The molecular weight excluding hydrogens is 226 g/mol. The molecule has 18 heavy (non-hydrogen) atoms. The summed E-state index contributed by atoms with van der Waals surface area (Å²) < 4.78 is 5.73. The molecule has 100 valence electrons. The zero-order chi connectivity index (χ0) is 12.8. The molecule has 1 aromatic carbocycles. The van der Waals surface area contributed by atoms with Crippen LogP contribution in [0.3, 0.4) is 0 Å². The Balaban J connectivity index is 1.81. The molecule has 0 bridgehead atoms. The number of para-hydroxylation sites is 1. The SMILES string of the molecule is CC1CCCC(CO)N1CCOc1ccccc1. The first-order valence-corrected chi connectivity index (χ1v) is 6.85. The number of aliphatic hydroxyl groups excluding tert-OH is 1. The van der Waals surface area contributed by atoms with Crippen LogP contribution in [0.2, 0.25) is 0 Å². The average molecular weight is 249 g/mol. The lowest BCUT2D eigenvalue weighted by Gasteiger charge is -2.39. The van der Waals surface area contributed by atoms with Gasteiger partial charge in [-0.05, 0) is 31.9 Å². The third-order valence-electron chi connectivity index (χ3n) is 3.77. The molecule has 0 aromatic heterocycles. The minimum Gasteiger partial charge on any atom is -0.492 e. The van der Waals surface area contributed by atoms with Gasteiger partial charge in [-0.3, -0.25) is 4.90 Å². The molecule has 1 aliphatic heterocycles. The minimum absolute atomic E-state index is 0.260. The molecule has 1 N–H and O–H groups in total. The van der Waals surface area contributed by atoms with E-state index in [4.69, 9.17) is 4.74 Å². The van der Waals surface area contributed by atoms with Gasteiger partial charge in [0.2, 0.25) is 0 Å². The molecule has 3 heteroatoms. The molecule has 0 saturated carbocycles. The Morgan fingerprint density at radius 1 is 1.28 bits per heavy atom. The summed E-state index contributed by atoms with van der Waals surface area (Å²) in [6, 6.07) is 10.8. The van der Waals surface area contributed by atoms with Crippen LogP contribution in [0.4, 0.5) is 0 Å². The Bertz CT molecular complexity index is 342. The fourth-order valence-electron chi connectivity index (χ4n) is 2.73. The third-order valence-corrected chi connectivity index (χ3v) is 3.77. The lowest BCUT2D eigenvalue weighted by Crippen LogP contribution is -2.48. The number of nitrogens with zero attached hydrogens (tertiary/aromatic N) is 1. The fourth-order valence-corrected chi connectivity index (χ4v) is 2.73. The van der Waals surface area contributed by atoms with Gasteiger partial charge in [0.05, 0.1) is 6.61 Å². The van der Waals surface area contributed by atoms with E-state index in [0.29, 0.717) is 18.7 Å². The highest BCUT2D eigenvalue weighted by atomic mass is 16.5. The number of hydrogen-bond acceptors (Lipinski definition) is 3. The van der Waals surface area contributed by atoms with Crippen LogP contribution in [0, 0.1) is 0 Å². The minimum atomic E-state index is 0.260. The first kappa shape index (κ1) is 13.4. The number of benzene rings is 1. The van der Waals surface area contributed by atoms with Crippen molar-refractivity contribution in [2.24, 2.45) is 0 Å². The van der Waals surface area contributed by atoms with Gasteiger partial charge >= 0.3 is 0 Å². The Morgan fingerprint density at radius 2 is 2.06 bits per heavy atom. The number of rotatable bonds is 5. The predicted molar refractivity (Wildman–Crippen MR) is 72.8 cm³/mol. The first-order valence-electron chi connectivity index (χ1n) is 6.85. The number of likely N-dealkylation sites (tertiary alicyclic amines) is 1. The van der Waals surface area contributed by atoms with E-state index >= 15 is 0 Å². The normalized spacial score (nSPS) is 25.0. The molecule has 1 heterocycles. The maximum Gasteiger partial charge on any atom is 0.119 e. The van der Waals surface area contributed by atoms with E-state index in [9.17, 15) is 5.11 Å². The number of piperidine rings is 1. The van der Waals surface area contributed by atoms with Crippen LogP contribution in [-0.4, -0.2) is 41.8 Å². The van der Waals surface area contributed by atoms with Crippen LogP contribution in [0.15, 0.2) is 30.3 Å². The van der Waals surface area contributed by atoms with E-state index in [1.165, 1.54) is 12.8 Å². The number of aliphatic hydroxyl groups is 1. The van der Waals surface area contributed by atoms with Crippen LogP contribution in [0.25, 0.3) is 0 Å². The molecule has 2 unspecified atom stereocenters. The molecule has 1 aromatic rings. The molecular formula is C15H23NO2. The van der Waals surface area contributed by atoms with Gasteiger partial charge in [0.25, 0.3) is 0 Å². The van der Waals surface area contributed by atoms with Gasteiger partial charge in [-0.2, -0.15) is 0 Å². The van der Waals surface area contributed by atoms with Crippen molar-refractivity contribution in [2.45, 2.75) is 38.3 Å². The van der Waals surface area contributed by atoms with Crippen molar-refractivity contribution in [3.8, 4) is 5.75 Å². The Kier molecular flexibility index (Phi) is 5.02. The summed E-state index contributed by atoms with van der Waals surface area (Å²) in [5, 5.41) is 9.41. The number of hydrogen-bond donors (Lipinski definition) is 1. The van der Waals surface area contributed by atoms with Crippen LogP contribution < -0.4 is 4.74 Å². The first-order chi connectivity index (χ1) is 8.81. The van der Waals surface area contributed by atoms with Crippen molar-refractivity contribution in [3.63, 3.8) is 0 Å². The van der Waals surface area contributed by atoms with E-state index < -0.39 is 0 Å². The fraction of sp³-hybridized carbons (Fsp3) is 0.600. The van der Waals surface area contributed by atoms with Crippen molar-refractivity contribution < 1.29 is 9.84 Å². The monoisotopic (exact) mass is 249 g/mol. The van der Waals surface area contributed by atoms with Crippen molar-refractivity contribution in [1.82, 2.24) is 4.90 Å². The Labute approximate surface area is 109 Å². The average Bonchev–Trinajstić information content (AvgIpc) is 2.41. The van der Waals surface area contributed by atoms with E-state index in [2.05, 4.69) is 11.8 Å². The molecule has 0 aliphatic carbocycles. The Hall–Kier alpha value is -1.06. The highest BCUT2D eigenvalue weighted by Crippen LogP contribution is 2.22. The zero-order valence-corrected chi connectivity index (χ0v) is 11.1. The van der Waals surface area contributed by atoms with Gasteiger partial charge in [0.1, 0.15) is 12.4 Å². The largest absolute Gasteiger partial charge is 0.492 e. The number of ether oxygens (including phenoxy) is 1. The maximum absolute atomic E-state index is 9.41. The summed E-state index contributed by atoms with van der Waals surface area (Å²) in [5.41, 5.74) is 0. The van der Waals surface area contributed by atoms with Crippen molar-refractivity contribution in [2.75, 3.05) is 19.8 Å². The van der Waals surface area contributed by atoms with Crippen LogP contribution >= 0.6 is 0 Å². The topological polar surface area (TPSA) is 32.7 Å². The summed E-state index contributed by atoms with van der Waals surface area (Å²) in [6.45, 7) is 4.08. The molecule has 0 amide bonds. The summed E-state index contributed by atoms with van der Waals surface area (Å²) in [7, 11) is 0. The van der Waals surface area contributed by atoms with Crippen LogP contribution in [-0.2, 0) is 0 Å². The standard InChI is InChI=1S/C15H23NO2/c1-13-6-5-7-14(12-17)16(13)10-11-18-15-8-3-2-4-9-15/h2-4,8-9,13-14,17H,5-7,10-12H2,1H3. The van der Waals surface area contributed by atoms with E-state index in [-0.39, 0.29) is 6.61 Å². The third kappa shape index (κ3) is 3.47. The highest BCUT2D eigenvalue weighted by Gasteiger charge is 2.26. The van der Waals surface area contributed by atoms with E-state index in [1.54, 1.807) is 0 Å². The van der Waals surface area contributed by atoms with Crippen molar-refractivity contribution in [1.29, 1.82) is 0 Å². The Morgan fingerprint density at radius 3 is 2.78 bits per heavy atom. The zero-order valence-electron chi connectivity index (χ0n) is 11.1. The van der Waals surface area contributed by atoms with E-state index in [0.717, 1.165) is 18.7 Å². The van der Waals surface area contributed by atoms with Crippen LogP contribution in [0.5, 0.6) is 5.75 Å². The molecule has 0 radical (unpaired) electrons. The molecule has 1 aliphatic rings. The molecule has 1 saturated heterocycles. The lowest BCUT2D eigenvalue weighted by atomic mass is 9.97. The maximum atomic E-state index is 9.41. The van der Waals surface area contributed by atoms with Gasteiger partial charge in [0.15, 0.2) is 0 Å². The summed E-state index contributed by atoms with van der Waals surface area (Å²) in [5.74, 6) is 0.919. The quantitative estimate of drug-likeness (QED) is 0.869. The van der Waals surface area contributed by atoms with Crippen LogP contribution in [0.1, 0.15) is 26.2 Å². The lowest BCUT2D eigenvalue weighted by molar-refractivity contribution is 0.0411. The second-order valence-corrected chi connectivity index (χ2v) is 5.02. The van der Waals surface area contributed by atoms with Gasteiger partial charge < -0.3 is 9.84 Å². The predicted octanol–water partition coefficient (Wildman–Crippen LogP) is 2.30. The highest BCUT2D eigenvalue weighted by molar-refractivity contribution is 5.20. The molecule has 2 atom stereocenters. The van der Waals surface area contributed by atoms with Gasteiger partial charge in [-0.1, -0.05) is 24.6 Å². The van der Waals surface area contributed by atoms with Crippen molar-refractivity contribution in [3.05, 3.63) is 30.3 Å². The second kappa shape index (κ2) is 6.76. The van der Waals surface area contributed by atoms with Gasteiger partial charge in [-0.15, -0.1) is 0 Å². The molecule has 3 nitrogen and oxygen atoms in total. The van der Waals surface area contributed by atoms with Crippen molar-refractivity contribution >= 4 is 0 Å². The molecule has 2 rings (SSSR count). The molecule has 1 fully saturated rings. The second-order valence-electron chi connectivity index (χ2n) is 5.02. The van der Waals surface area contributed by atoms with Gasteiger partial charge in [0, 0.05) is 18.6 Å². The summed E-state index contributed by atoms with van der Waals surface area (Å²) in [4.78, 5) is 2.38. The molecule has 0 spiro atoms. The summed E-state index contributed by atoms with van der Waals surface area (Å²) >= 11 is 0.